The number of anilines is 1. The Labute approximate surface area is 124 Å². The van der Waals surface area contributed by atoms with Crippen LogP contribution in [0.15, 0.2) is 18.2 Å². The molecule has 2 N–H and O–H groups in total. The molecule has 0 fully saturated rings. The normalized spacial score (nSPS) is 14.6. The number of carbonyl (C=O) groups excluding carboxylic acids is 1. The zero-order valence-corrected chi connectivity index (χ0v) is 12.5. The Morgan fingerprint density at radius 3 is 2.86 bits per heavy atom. The summed E-state index contributed by atoms with van der Waals surface area (Å²) in [6.07, 6.45) is 0. The first kappa shape index (κ1) is 15.6. The van der Waals surface area contributed by atoms with Crippen LogP contribution < -0.4 is 20.1 Å². The lowest BCUT2D eigenvalue weighted by Gasteiger charge is -2.19. The molecule has 116 valence electrons. The van der Waals surface area contributed by atoms with Crippen LogP contribution in [-0.4, -0.2) is 44.9 Å². The molecule has 0 bridgehead atoms. The number of nitrogens with one attached hydrogen (secondary N) is 2. The van der Waals surface area contributed by atoms with Crippen LogP contribution in [-0.2, 0) is 9.53 Å². The van der Waals surface area contributed by atoms with Gasteiger partial charge >= 0.3 is 0 Å². The zero-order valence-electron chi connectivity index (χ0n) is 12.5. The van der Waals surface area contributed by atoms with Crippen molar-refractivity contribution in [1.82, 2.24) is 5.32 Å². The summed E-state index contributed by atoms with van der Waals surface area (Å²) >= 11 is 0. The van der Waals surface area contributed by atoms with E-state index in [1.807, 2.05) is 13.8 Å². The van der Waals surface area contributed by atoms with Crippen molar-refractivity contribution in [3.8, 4) is 11.5 Å². The fraction of sp³-hybridized carbons (Fsp3) is 0.533. The molecule has 1 heterocycles. The van der Waals surface area contributed by atoms with Crippen molar-refractivity contribution in [2.24, 2.45) is 0 Å². The third kappa shape index (κ3) is 4.91. The van der Waals surface area contributed by atoms with Gasteiger partial charge in [0.25, 0.3) is 0 Å². The van der Waals surface area contributed by atoms with Crippen LogP contribution in [0.2, 0.25) is 0 Å². The number of carbonyl (C=O) groups is 1. The van der Waals surface area contributed by atoms with E-state index < -0.39 is 0 Å². The van der Waals surface area contributed by atoms with Gasteiger partial charge in [-0.15, -0.1) is 0 Å². The SMILES string of the molecule is CCOCC(C)NCC(=O)Nc1ccc2c(c1)OCCO2. The molecule has 6 heteroatoms. The van der Waals surface area contributed by atoms with Crippen LogP contribution in [0.5, 0.6) is 11.5 Å². The molecular weight excluding hydrogens is 272 g/mol. The number of hydrogen-bond donors (Lipinski definition) is 2. The van der Waals surface area contributed by atoms with E-state index in [1.165, 1.54) is 0 Å². The van der Waals surface area contributed by atoms with Gasteiger partial charge in [0, 0.05) is 24.4 Å². The van der Waals surface area contributed by atoms with Gasteiger partial charge in [0.15, 0.2) is 11.5 Å². The van der Waals surface area contributed by atoms with Crippen molar-refractivity contribution >= 4 is 11.6 Å². The van der Waals surface area contributed by atoms with Gasteiger partial charge < -0.3 is 24.8 Å². The molecule has 1 aromatic rings. The Bertz CT molecular complexity index is 479. The Morgan fingerprint density at radius 2 is 2.10 bits per heavy atom. The molecule has 0 aromatic heterocycles. The number of amides is 1. The summed E-state index contributed by atoms with van der Waals surface area (Å²) < 4.78 is 16.2. The highest BCUT2D eigenvalue weighted by Gasteiger charge is 2.13. The Morgan fingerprint density at radius 1 is 1.33 bits per heavy atom. The summed E-state index contributed by atoms with van der Waals surface area (Å²) in [5, 5.41) is 5.93. The lowest BCUT2D eigenvalue weighted by molar-refractivity contribution is -0.115. The first-order chi connectivity index (χ1) is 10.2. The van der Waals surface area contributed by atoms with E-state index >= 15 is 0 Å². The van der Waals surface area contributed by atoms with Gasteiger partial charge in [0.1, 0.15) is 13.2 Å². The van der Waals surface area contributed by atoms with Gasteiger partial charge in [0.2, 0.25) is 5.91 Å². The molecule has 1 unspecified atom stereocenters. The molecule has 0 aliphatic carbocycles. The highest BCUT2D eigenvalue weighted by atomic mass is 16.6. The second-order valence-electron chi connectivity index (χ2n) is 4.85. The summed E-state index contributed by atoms with van der Waals surface area (Å²) in [5.74, 6) is 1.27. The summed E-state index contributed by atoms with van der Waals surface area (Å²) in [5.41, 5.74) is 0.698. The Hall–Kier alpha value is -1.79. The molecule has 1 aromatic carbocycles. The minimum atomic E-state index is -0.102. The van der Waals surface area contributed by atoms with Gasteiger partial charge in [-0.25, -0.2) is 0 Å². The van der Waals surface area contributed by atoms with E-state index in [0.29, 0.717) is 43.6 Å². The van der Waals surface area contributed by atoms with Gasteiger partial charge in [-0.05, 0) is 26.0 Å². The van der Waals surface area contributed by atoms with Crippen LogP contribution in [0, 0.1) is 0 Å². The molecule has 1 atom stereocenters. The fourth-order valence-electron chi connectivity index (χ4n) is 1.95. The van der Waals surface area contributed by atoms with E-state index in [4.69, 9.17) is 14.2 Å². The van der Waals surface area contributed by atoms with E-state index in [0.717, 1.165) is 0 Å². The molecule has 1 amide bonds. The predicted octanol–water partition coefficient (Wildman–Crippen LogP) is 1.41. The zero-order chi connectivity index (χ0) is 15.1. The molecular formula is C15H22N2O4. The quantitative estimate of drug-likeness (QED) is 0.796. The standard InChI is InChI=1S/C15H22N2O4/c1-3-19-10-11(2)16-9-15(18)17-12-4-5-13-14(8-12)21-7-6-20-13/h4-5,8,11,16H,3,6-7,9-10H2,1-2H3,(H,17,18). The lowest BCUT2D eigenvalue weighted by atomic mass is 10.2. The molecule has 21 heavy (non-hydrogen) atoms. The Kier molecular flexibility index (Phi) is 5.83. The van der Waals surface area contributed by atoms with Crippen LogP contribution in [0.1, 0.15) is 13.8 Å². The van der Waals surface area contributed by atoms with Crippen molar-refractivity contribution in [3.05, 3.63) is 18.2 Å². The average Bonchev–Trinajstić information content (AvgIpc) is 2.50. The molecule has 0 saturated heterocycles. The third-order valence-corrected chi connectivity index (χ3v) is 3.01. The predicted molar refractivity (Wildman–Crippen MR) is 80.0 cm³/mol. The number of rotatable bonds is 7. The summed E-state index contributed by atoms with van der Waals surface area (Å²) in [7, 11) is 0. The number of ether oxygens (including phenoxy) is 3. The largest absolute Gasteiger partial charge is 0.486 e. The van der Waals surface area contributed by atoms with E-state index in [-0.39, 0.29) is 18.5 Å². The average molecular weight is 294 g/mol. The van der Waals surface area contributed by atoms with Crippen molar-refractivity contribution in [1.29, 1.82) is 0 Å². The van der Waals surface area contributed by atoms with Gasteiger partial charge in [0.05, 0.1) is 13.2 Å². The smallest absolute Gasteiger partial charge is 0.238 e. The Balaban J connectivity index is 1.80. The topological polar surface area (TPSA) is 68.8 Å². The summed E-state index contributed by atoms with van der Waals surface area (Å²) in [4.78, 5) is 11.9. The highest BCUT2D eigenvalue weighted by Crippen LogP contribution is 2.32. The third-order valence-electron chi connectivity index (χ3n) is 3.01. The minimum absolute atomic E-state index is 0.102. The van der Waals surface area contributed by atoms with Crippen molar-refractivity contribution in [2.45, 2.75) is 19.9 Å². The van der Waals surface area contributed by atoms with Crippen LogP contribution in [0.25, 0.3) is 0 Å². The molecule has 1 aliphatic heterocycles. The number of hydrogen-bond acceptors (Lipinski definition) is 5. The van der Waals surface area contributed by atoms with Crippen molar-refractivity contribution in [2.75, 3.05) is 38.3 Å². The molecule has 1 aliphatic rings. The van der Waals surface area contributed by atoms with Gasteiger partial charge in [-0.3, -0.25) is 4.79 Å². The number of benzene rings is 1. The monoisotopic (exact) mass is 294 g/mol. The number of fused-ring (bicyclic) bond motifs is 1. The van der Waals surface area contributed by atoms with Crippen LogP contribution in [0.3, 0.4) is 0 Å². The summed E-state index contributed by atoms with van der Waals surface area (Å²) in [6, 6.07) is 5.51. The van der Waals surface area contributed by atoms with E-state index in [1.54, 1.807) is 18.2 Å². The van der Waals surface area contributed by atoms with Crippen LogP contribution >= 0.6 is 0 Å². The van der Waals surface area contributed by atoms with Crippen molar-refractivity contribution < 1.29 is 19.0 Å². The highest BCUT2D eigenvalue weighted by molar-refractivity contribution is 5.92. The second kappa shape index (κ2) is 7.85. The molecule has 0 spiro atoms. The van der Waals surface area contributed by atoms with Gasteiger partial charge in [-0.2, -0.15) is 0 Å². The molecule has 0 saturated carbocycles. The lowest BCUT2D eigenvalue weighted by Crippen LogP contribution is -2.37. The van der Waals surface area contributed by atoms with Crippen LogP contribution in [0.4, 0.5) is 5.69 Å². The maximum absolute atomic E-state index is 11.9. The van der Waals surface area contributed by atoms with Crippen molar-refractivity contribution in [3.63, 3.8) is 0 Å². The maximum atomic E-state index is 11.9. The first-order valence-corrected chi connectivity index (χ1v) is 7.19. The molecule has 6 nitrogen and oxygen atoms in total. The second-order valence-corrected chi connectivity index (χ2v) is 4.85. The maximum Gasteiger partial charge on any atom is 0.238 e. The summed E-state index contributed by atoms with van der Waals surface area (Å²) in [6.45, 7) is 6.52. The fourth-order valence-corrected chi connectivity index (χ4v) is 1.95. The first-order valence-electron chi connectivity index (χ1n) is 7.19. The van der Waals surface area contributed by atoms with E-state index in [9.17, 15) is 4.79 Å². The minimum Gasteiger partial charge on any atom is -0.486 e. The molecule has 0 radical (unpaired) electrons. The molecule has 2 rings (SSSR count). The van der Waals surface area contributed by atoms with E-state index in [2.05, 4.69) is 10.6 Å². The van der Waals surface area contributed by atoms with Gasteiger partial charge in [-0.1, -0.05) is 0 Å².